The maximum absolute atomic E-state index is 11.4. The van der Waals surface area contributed by atoms with Crippen LogP contribution in [0.2, 0.25) is 0 Å². The first-order valence-corrected chi connectivity index (χ1v) is 10.4. The third-order valence-electron chi connectivity index (χ3n) is 4.42. The van der Waals surface area contributed by atoms with Crippen molar-refractivity contribution in [2.24, 2.45) is 5.10 Å². The van der Waals surface area contributed by atoms with Crippen LogP contribution < -0.4 is 0 Å². The van der Waals surface area contributed by atoms with E-state index in [9.17, 15) is 9.90 Å². The molecule has 1 aliphatic heterocycles. The maximum Gasteiger partial charge on any atom is 0.304 e. The minimum Gasteiger partial charge on any atom is -0.481 e. The molecule has 4 rings (SSSR count). The minimum absolute atomic E-state index is 0.0215. The van der Waals surface area contributed by atoms with Gasteiger partial charge in [-0.15, -0.1) is 10.2 Å². The van der Waals surface area contributed by atoms with Crippen molar-refractivity contribution in [3.8, 4) is 0 Å². The molecule has 142 valence electrons. The first-order valence-electron chi connectivity index (χ1n) is 8.72. The van der Waals surface area contributed by atoms with Crippen LogP contribution in [0.1, 0.15) is 28.9 Å². The van der Waals surface area contributed by atoms with Gasteiger partial charge in [0.2, 0.25) is 5.16 Å². The van der Waals surface area contributed by atoms with E-state index in [1.807, 2.05) is 55.5 Å². The van der Waals surface area contributed by atoms with Gasteiger partial charge in [0.25, 0.3) is 0 Å². The molecule has 0 amide bonds. The smallest absolute Gasteiger partial charge is 0.304 e. The van der Waals surface area contributed by atoms with Gasteiger partial charge in [-0.2, -0.15) is 9.78 Å². The number of aryl methyl sites for hydroxylation is 1. The summed E-state index contributed by atoms with van der Waals surface area (Å²) in [6.07, 6.45) is 0.571. The van der Waals surface area contributed by atoms with Crippen molar-refractivity contribution < 1.29 is 9.90 Å². The van der Waals surface area contributed by atoms with Gasteiger partial charge in [-0.25, -0.2) is 0 Å². The highest BCUT2D eigenvalue weighted by molar-refractivity contribution is 9.10. The van der Waals surface area contributed by atoms with Crippen molar-refractivity contribution in [1.29, 1.82) is 0 Å². The van der Waals surface area contributed by atoms with Gasteiger partial charge >= 0.3 is 5.97 Å². The molecule has 3 aromatic rings. The standard InChI is InChI=1S/C20H17BrN4O2S/c1-12-2-6-14(7-3-12)19-16(11-18(26)27)28-20-23-22-17(25(20)24-19)10-13-4-8-15(21)9-5-13/h2-9,16H,10-11H2,1H3,(H,26,27). The summed E-state index contributed by atoms with van der Waals surface area (Å²) in [6, 6.07) is 16.0. The predicted octanol–water partition coefficient (Wildman–Crippen LogP) is 4.14. The number of carbonyl (C=O) groups is 1. The summed E-state index contributed by atoms with van der Waals surface area (Å²) in [5, 5.41) is 22.9. The van der Waals surface area contributed by atoms with Crippen LogP contribution in [0.3, 0.4) is 0 Å². The fourth-order valence-corrected chi connectivity index (χ4v) is 4.36. The predicted molar refractivity (Wildman–Crippen MR) is 112 cm³/mol. The second-order valence-corrected chi connectivity index (χ2v) is 8.66. The molecule has 0 spiro atoms. The zero-order valence-electron chi connectivity index (χ0n) is 15.0. The lowest BCUT2D eigenvalue weighted by atomic mass is 10.0. The molecule has 1 atom stereocenters. The van der Waals surface area contributed by atoms with E-state index in [0.717, 1.165) is 32.7 Å². The monoisotopic (exact) mass is 456 g/mol. The molecule has 2 heterocycles. The highest BCUT2D eigenvalue weighted by atomic mass is 79.9. The second-order valence-electron chi connectivity index (χ2n) is 6.57. The van der Waals surface area contributed by atoms with E-state index in [1.54, 1.807) is 4.68 Å². The van der Waals surface area contributed by atoms with Gasteiger partial charge in [-0.05, 0) is 30.2 Å². The molecule has 1 N–H and O–H groups in total. The molecule has 0 bridgehead atoms. The molecule has 1 unspecified atom stereocenters. The summed E-state index contributed by atoms with van der Waals surface area (Å²) in [5.74, 6) is -0.136. The number of hydrogen-bond donors (Lipinski definition) is 1. The molecule has 0 aliphatic carbocycles. The number of halogens is 1. The number of benzene rings is 2. The summed E-state index contributed by atoms with van der Waals surface area (Å²) < 4.78 is 2.76. The van der Waals surface area contributed by atoms with Crippen LogP contribution in [0.5, 0.6) is 0 Å². The lowest BCUT2D eigenvalue weighted by Gasteiger charge is -2.22. The van der Waals surface area contributed by atoms with Gasteiger partial charge in [0, 0.05) is 10.9 Å². The molecular weight excluding hydrogens is 440 g/mol. The highest BCUT2D eigenvalue weighted by Gasteiger charge is 2.30. The molecule has 1 aliphatic rings. The molecule has 2 aromatic carbocycles. The van der Waals surface area contributed by atoms with Crippen molar-refractivity contribution in [3.63, 3.8) is 0 Å². The van der Waals surface area contributed by atoms with Gasteiger partial charge in [-0.1, -0.05) is 69.7 Å². The Kier molecular flexibility index (Phi) is 5.32. The maximum atomic E-state index is 11.4. The molecule has 0 saturated carbocycles. The van der Waals surface area contributed by atoms with Crippen molar-refractivity contribution in [3.05, 3.63) is 75.5 Å². The van der Waals surface area contributed by atoms with E-state index in [-0.39, 0.29) is 11.7 Å². The summed E-state index contributed by atoms with van der Waals surface area (Å²) in [4.78, 5) is 11.4. The number of carboxylic acid groups (broad SMARTS) is 1. The lowest BCUT2D eigenvalue weighted by molar-refractivity contribution is -0.136. The van der Waals surface area contributed by atoms with Crippen LogP contribution in [0.25, 0.3) is 0 Å². The van der Waals surface area contributed by atoms with Crippen molar-refractivity contribution >= 4 is 39.4 Å². The molecule has 1 aromatic heterocycles. The van der Waals surface area contributed by atoms with Crippen LogP contribution in [0.15, 0.2) is 63.3 Å². The molecule has 8 heteroatoms. The first-order chi connectivity index (χ1) is 13.5. The van der Waals surface area contributed by atoms with Gasteiger partial charge in [0.15, 0.2) is 5.82 Å². The van der Waals surface area contributed by atoms with Crippen LogP contribution in [0.4, 0.5) is 0 Å². The SMILES string of the molecule is Cc1ccc(C2=Nn3c(Cc4ccc(Br)cc4)nnc3SC2CC(=O)O)cc1. The largest absolute Gasteiger partial charge is 0.481 e. The Morgan fingerprint density at radius 3 is 2.54 bits per heavy atom. The van der Waals surface area contributed by atoms with E-state index in [2.05, 4.69) is 26.1 Å². The summed E-state index contributed by atoms with van der Waals surface area (Å²) in [7, 11) is 0. The number of aromatic nitrogens is 3. The van der Waals surface area contributed by atoms with Crippen molar-refractivity contribution in [2.75, 3.05) is 0 Å². The first kappa shape index (κ1) is 18.9. The fourth-order valence-electron chi connectivity index (χ4n) is 2.98. The minimum atomic E-state index is -0.861. The Hall–Kier alpha value is -2.45. The lowest BCUT2D eigenvalue weighted by Crippen LogP contribution is -2.27. The zero-order valence-corrected chi connectivity index (χ0v) is 17.4. The normalized spacial score (nSPS) is 15.8. The number of nitrogens with zero attached hydrogens (tertiary/aromatic N) is 4. The average molecular weight is 457 g/mol. The molecule has 0 fully saturated rings. The number of aliphatic carboxylic acids is 1. The van der Waals surface area contributed by atoms with E-state index >= 15 is 0 Å². The topological polar surface area (TPSA) is 80.4 Å². The molecule has 6 nitrogen and oxygen atoms in total. The van der Waals surface area contributed by atoms with E-state index in [1.165, 1.54) is 11.8 Å². The van der Waals surface area contributed by atoms with Gasteiger partial charge < -0.3 is 5.11 Å². The quantitative estimate of drug-likeness (QED) is 0.623. The van der Waals surface area contributed by atoms with Crippen molar-refractivity contribution in [1.82, 2.24) is 14.9 Å². The van der Waals surface area contributed by atoms with Crippen LogP contribution in [-0.2, 0) is 11.2 Å². The fraction of sp³-hybridized carbons (Fsp3) is 0.200. The Morgan fingerprint density at radius 1 is 1.14 bits per heavy atom. The van der Waals surface area contributed by atoms with Gasteiger partial charge in [0.05, 0.1) is 17.4 Å². The van der Waals surface area contributed by atoms with E-state index in [0.29, 0.717) is 11.6 Å². The van der Waals surface area contributed by atoms with Crippen LogP contribution in [0, 0.1) is 6.92 Å². The average Bonchev–Trinajstić information content (AvgIpc) is 3.05. The number of thioether (sulfide) groups is 1. The van der Waals surface area contributed by atoms with Crippen LogP contribution in [-0.4, -0.2) is 36.9 Å². The summed E-state index contributed by atoms with van der Waals surface area (Å²) in [6.45, 7) is 2.02. The van der Waals surface area contributed by atoms with E-state index in [4.69, 9.17) is 5.10 Å². The Balaban J connectivity index is 1.72. The molecule has 28 heavy (non-hydrogen) atoms. The molecular formula is C20H17BrN4O2S. The Labute approximate surface area is 174 Å². The third kappa shape index (κ3) is 4.02. The number of hydrogen-bond acceptors (Lipinski definition) is 5. The third-order valence-corrected chi connectivity index (χ3v) is 6.09. The van der Waals surface area contributed by atoms with Crippen LogP contribution >= 0.6 is 27.7 Å². The highest BCUT2D eigenvalue weighted by Crippen LogP contribution is 2.32. The summed E-state index contributed by atoms with van der Waals surface area (Å²) in [5.41, 5.74) is 3.89. The Morgan fingerprint density at radius 2 is 1.86 bits per heavy atom. The van der Waals surface area contributed by atoms with Gasteiger partial charge in [0.1, 0.15) is 0 Å². The summed E-state index contributed by atoms with van der Waals surface area (Å²) >= 11 is 4.84. The molecule has 0 saturated heterocycles. The van der Waals surface area contributed by atoms with Crippen molar-refractivity contribution in [2.45, 2.75) is 30.2 Å². The zero-order chi connectivity index (χ0) is 19.7. The number of fused-ring (bicyclic) bond motifs is 1. The number of rotatable bonds is 5. The van der Waals surface area contributed by atoms with E-state index < -0.39 is 5.97 Å². The number of carboxylic acids is 1. The second kappa shape index (κ2) is 7.89. The Bertz CT molecular complexity index is 1050. The molecule has 0 radical (unpaired) electrons. The van der Waals surface area contributed by atoms with Gasteiger partial charge in [-0.3, -0.25) is 4.79 Å².